The molecule has 1 aromatic heterocycles. The molecule has 0 spiro atoms. The van der Waals surface area contributed by atoms with Crippen LogP contribution in [0.2, 0.25) is 6.04 Å². The Morgan fingerprint density at radius 2 is 1.57 bits per heavy atom. The SMILES string of the molecule is C=CCC[Si](Cn1ccnc1)(c1ccccc1)c1ccccc1. The van der Waals surface area contributed by atoms with Crippen molar-refractivity contribution in [2.75, 3.05) is 0 Å². The molecule has 1 heterocycles. The third-order valence-electron chi connectivity index (χ3n) is 4.44. The summed E-state index contributed by atoms with van der Waals surface area (Å²) in [5.41, 5.74) is 0. The maximum Gasteiger partial charge on any atom is 0.138 e. The van der Waals surface area contributed by atoms with E-state index in [0.29, 0.717) is 0 Å². The third kappa shape index (κ3) is 3.35. The van der Waals surface area contributed by atoms with Gasteiger partial charge in [-0.15, -0.1) is 6.58 Å². The van der Waals surface area contributed by atoms with Gasteiger partial charge in [0.25, 0.3) is 0 Å². The molecule has 0 aliphatic rings. The van der Waals surface area contributed by atoms with Gasteiger partial charge in [-0.2, -0.15) is 0 Å². The van der Waals surface area contributed by atoms with Crippen LogP contribution in [0.15, 0.2) is 92.0 Å². The molecule has 3 aromatic rings. The minimum absolute atomic E-state index is 1.01. The molecule has 3 rings (SSSR count). The Labute approximate surface area is 139 Å². The molecule has 23 heavy (non-hydrogen) atoms. The van der Waals surface area contributed by atoms with Crippen LogP contribution in [0.4, 0.5) is 0 Å². The minimum atomic E-state index is -1.92. The highest BCUT2D eigenvalue weighted by atomic mass is 28.3. The summed E-state index contributed by atoms with van der Waals surface area (Å²) in [5, 5.41) is 2.95. The Balaban J connectivity index is 2.13. The van der Waals surface area contributed by atoms with E-state index in [1.165, 1.54) is 10.4 Å². The molecule has 0 atom stereocenters. The number of nitrogens with zero attached hydrogens (tertiary/aromatic N) is 2. The third-order valence-corrected chi connectivity index (χ3v) is 9.36. The van der Waals surface area contributed by atoms with E-state index in [1.807, 2.05) is 18.6 Å². The summed E-state index contributed by atoms with van der Waals surface area (Å²) in [6.45, 7) is 3.95. The van der Waals surface area contributed by atoms with Gasteiger partial charge < -0.3 is 4.57 Å². The summed E-state index contributed by atoms with van der Waals surface area (Å²) in [6, 6.07) is 23.1. The van der Waals surface area contributed by atoms with Crippen LogP contribution >= 0.6 is 0 Å². The van der Waals surface area contributed by atoms with Crippen molar-refractivity contribution in [3.63, 3.8) is 0 Å². The number of hydrogen-bond donors (Lipinski definition) is 0. The number of allylic oxidation sites excluding steroid dienone is 1. The van der Waals surface area contributed by atoms with E-state index in [0.717, 1.165) is 18.6 Å². The fourth-order valence-corrected chi connectivity index (χ4v) is 7.87. The zero-order valence-electron chi connectivity index (χ0n) is 13.3. The number of hydrogen-bond acceptors (Lipinski definition) is 1. The van der Waals surface area contributed by atoms with Crippen LogP contribution in [-0.4, -0.2) is 17.6 Å². The summed E-state index contributed by atoms with van der Waals surface area (Å²) in [4.78, 5) is 4.24. The molecule has 3 heteroatoms. The van der Waals surface area contributed by atoms with Crippen molar-refractivity contribution < 1.29 is 0 Å². The zero-order chi connectivity index (χ0) is 16.0. The molecule has 0 aliphatic carbocycles. The number of rotatable bonds is 7. The highest BCUT2D eigenvalue weighted by molar-refractivity contribution is 7.01. The average molecular weight is 318 g/mol. The van der Waals surface area contributed by atoms with Crippen molar-refractivity contribution in [1.82, 2.24) is 9.55 Å². The lowest BCUT2D eigenvalue weighted by atomic mass is 10.4. The molecule has 0 radical (unpaired) electrons. The Hall–Kier alpha value is -2.39. The van der Waals surface area contributed by atoms with E-state index >= 15 is 0 Å². The van der Waals surface area contributed by atoms with E-state index in [4.69, 9.17) is 0 Å². The Morgan fingerprint density at radius 3 is 2.04 bits per heavy atom. The lowest BCUT2D eigenvalue weighted by molar-refractivity contribution is 0.848. The molecule has 0 aliphatic heterocycles. The first-order valence-electron chi connectivity index (χ1n) is 8.03. The molecule has 0 amide bonds. The summed E-state index contributed by atoms with van der Waals surface area (Å²) in [6.07, 6.45) is 9.95. The van der Waals surface area contributed by atoms with Gasteiger partial charge in [-0.1, -0.05) is 77.1 Å². The van der Waals surface area contributed by atoms with Crippen LogP contribution in [0.25, 0.3) is 0 Å². The molecule has 0 saturated carbocycles. The summed E-state index contributed by atoms with van der Waals surface area (Å²) < 4.78 is 2.23. The highest BCUT2D eigenvalue weighted by Crippen LogP contribution is 2.17. The van der Waals surface area contributed by atoms with Gasteiger partial charge in [-0.3, -0.25) is 0 Å². The number of imidazole rings is 1. The Morgan fingerprint density at radius 1 is 0.957 bits per heavy atom. The van der Waals surface area contributed by atoms with Crippen LogP contribution in [0.1, 0.15) is 6.42 Å². The van der Waals surface area contributed by atoms with Gasteiger partial charge in [0.2, 0.25) is 0 Å². The molecule has 0 fully saturated rings. The van der Waals surface area contributed by atoms with Crippen LogP contribution in [-0.2, 0) is 6.17 Å². The van der Waals surface area contributed by atoms with Gasteiger partial charge >= 0.3 is 0 Å². The fraction of sp³-hybridized carbons (Fsp3) is 0.150. The standard InChI is InChI=1S/C20H22N2Si/c1-2-3-16-23(18-22-15-14-21-17-22,19-10-6-4-7-11-19)20-12-8-5-9-13-20/h2,4-15,17H,1,3,16,18H2. The topological polar surface area (TPSA) is 17.8 Å². The monoisotopic (exact) mass is 318 g/mol. The molecule has 116 valence electrons. The first kappa shape index (κ1) is 15.5. The Bertz CT molecular complexity index is 681. The molecule has 2 aromatic carbocycles. The van der Waals surface area contributed by atoms with Crippen molar-refractivity contribution >= 4 is 18.4 Å². The van der Waals surface area contributed by atoms with Crippen LogP contribution in [0.3, 0.4) is 0 Å². The van der Waals surface area contributed by atoms with Crippen molar-refractivity contribution in [1.29, 1.82) is 0 Å². The van der Waals surface area contributed by atoms with Gasteiger partial charge in [0.05, 0.1) is 6.33 Å². The Kier molecular flexibility index (Phi) is 4.88. The number of aromatic nitrogens is 2. The van der Waals surface area contributed by atoms with Crippen LogP contribution in [0.5, 0.6) is 0 Å². The fourth-order valence-electron chi connectivity index (χ4n) is 3.27. The van der Waals surface area contributed by atoms with Crippen molar-refractivity contribution in [3.8, 4) is 0 Å². The lowest BCUT2D eigenvalue weighted by Crippen LogP contribution is -2.61. The maximum absolute atomic E-state index is 4.24. The predicted octanol–water partition coefficient (Wildman–Crippen LogP) is 3.26. The quantitative estimate of drug-likeness (QED) is 0.483. The molecule has 0 saturated heterocycles. The molecule has 0 unspecified atom stereocenters. The summed E-state index contributed by atoms with van der Waals surface area (Å²) in [5.74, 6) is 0. The van der Waals surface area contributed by atoms with Gasteiger partial charge in [0.15, 0.2) is 0 Å². The van der Waals surface area contributed by atoms with Gasteiger partial charge in [0, 0.05) is 18.6 Å². The minimum Gasteiger partial charge on any atom is -0.340 e. The maximum atomic E-state index is 4.24. The largest absolute Gasteiger partial charge is 0.340 e. The second-order valence-corrected chi connectivity index (χ2v) is 10.0. The van der Waals surface area contributed by atoms with Crippen LogP contribution in [0, 0.1) is 0 Å². The van der Waals surface area contributed by atoms with E-state index in [9.17, 15) is 0 Å². The molecular formula is C20H22N2Si. The van der Waals surface area contributed by atoms with Crippen molar-refractivity contribution in [2.45, 2.75) is 18.6 Å². The van der Waals surface area contributed by atoms with E-state index in [2.05, 4.69) is 83.0 Å². The highest BCUT2D eigenvalue weighted by Gasteiger charge is 2.36. The van der Waals surface area contributed by atoms with Crippen molar-refractivity contribution in [2.24, 2.45) is 0 Å². The summed E-state index contributed by atoms with van der Waals surface area (Å²) >= 11 is 0. The van der Waals surface area contributed by atoms with E-state index in [-0.39, 0.29) is 0 Å². The second kappa shape index (κ2) is 7.25. The molecule has 0 bridgehead atoms. The zero-order valence-corrected chi connectivity index (χ0v) is 14.3. The van der Waals surface area contributed by atoms with Gasteiger partial charge in [0.1, 0.15) is 8.07 Å². The van der Waals surface area contributed by atoms with E-state index < -0.39 is 8.07 Å². The molecular weight excluding hydrogens is 296 g/mol. The van der Waals surface area contributed by atoms with Crippen LogP contribution < -0.4 is 10.4 Å². The van der Waals surface area contributed by atoms with Gasteiger partial charge in [-0.25, -0.2) is 4.98 Å². The second-order valence-electron chi connectivity index (χ2n) is 5.88. The first-order chi connectivity index (χ1) is 11.3. The van der Waals surface area contributed by atoms with E-state index in [1.54, 1.807) is 0 Å². The molecule has 0 N–H and O–H groups in total. The molecule has 2 nitrogen and oxygen atoms in total. The normalized spacial score (nSPS) is 11.3. The predicted molar refractivity (Wildman–Crippen MR) is 99.8 cm³/mol. The average Bonchev–Trinajstić information content (AvgIpc) is 3.13. The van der Waals surface area contributed by atoms with Crippen molar-refractivity contribution in [3.05, 3.63) is 92.0 Å². The first-order valence-corrected chi connectivity index (χ1v) is 10.4. The number of benzene rings is 2. The summed E-state index contributed by atoms with van der Waals surface area (Å²) in [7, 11) is -1.92. The smallest absolute Gasteiger partial charge is 0.138 e. The lowest BCUT2D eigenvalue weighted by Gasteiger charge is -2.33. The van der Waals surface area contributed by atoms with Gasteiger partial charge in [-0.05, 0) is 12.5 Å².